The van der Waals surface area contributed by atoms with Crippen LogP contribution in [-0.4, -0.2) is 25.5 Å². The molecule has 1 aromatic carbocycles. The molecular formula is C16H26FNO2. The third-order valence-corrected chi connectivity index (χ3v) is 2.80. The first-order valence-corrected chi connectivity index (χ1v) is 7.03. The lowest BCUT2D eigenvalue weighted by atomic mass is 9.95. The highest BCUT2D eigenvalue weighted by atomic mass is 19.1. The van der Waals surface area contributed by atoms with Crippen LogP contribution in [-0.2, 0) is 4.79 Å². The second kappa shape index (κ2) is 9.48. The van der Waals surface area contributed by atoms with Crippen molar-refractivity contribution in [3.05, 3.63) is 29.6 Å². The molecule has 0 aliphatic rings. The molecule has 1 unspecified atom stereocenters. The zero-order chi connectivity index (χ0) is 15.7. The van der Waals surface area contributed by atoms with E-state index in [-0.39, 0.29) is 23.5 Å². The fourth-order valence-corrected chi connectivity index (χ4v) is 1.75. The van der Waals surface area contributed by atoms with Crippen LogP contribution in [0.2, 0.25) is 0 Å². The Morgan fingerprint density at radius 2 is 1.95 bits per heavy atom. The van der Waals surface area contributed by atoms with E-state index in [2.05, 4.69) is 5.32 Å². The van der Waals surface area contributed by atoms with Crippen molar-refractivity contribution in [1.29, 1.82) is 0 Å². The molecule has 0 aliphatic heterocycles. The first kappa shape index (κ1) is 18.6. The summed E-state index contributed by atoms with van der Waals surface area (Å²) in [6.45, 7) is 10.0. The van der Waals surface area contributed by atoms with E-state index in [1.165, 1.54) is 20.1 Å². The van der Waals surface area contributed by atoms with E-state index in [1.54, 1.807) is 12.1 Å². The lowest BCUT2D eigenvalue weighted by Gasteiger charge is -2.17. The Bertz CT molecular complexity index is 419. The minimum Gasteiger partial charge on any atom is -0.494 e. The van der Waals surface area contributed by atoms with Gasteiger partial charge in [-0.15, -0.1) is 0 Å². The van der Waals surface area contributed by atoms with Gasteiger partial charge in [-0.2, -0.15) is 0 Å². The number of ketones is 1. The third kappa shape index (κ3) is 5.70. The molecule has 20 heavy (non-hydrogen) atoms. The summed E-state index contributed by atoms with van der Waals surface area (Å²) in [6.07, 6.45) is 0. The average molecular weight is 283 g/mol. The number of benzene rings is 1. The first-order valence-electron chi connectivity index (χ1n) is 7.03. The van der Waals surface area contributed by atoms with Crippen LogP contribution in [0.5, 0.6) is 5.75 Å². The van der Waals surface area contributed by atoms with E-state index in [0.717, 1.165) is 0 Å². The second-order valence-corrected chi connectivity index (χ2v) is 4.62. The number of carbonyl (C=O) groups is 1. The van der Waals surface area contributed by atoms with Crippen molar-refractivity contribution >= 4 is 5.78 Å². The molecule has 0 amide bonds. The van der Waals surface area contributed by atoms with Gasteiger partial charge >= 0.3 is 0 Å². The lowest BCUT2D eigenvalue weighted by molar-refractivity contribution is -0.118. The second-order valence-electron chi connectivity index (χ2n) is 4.62. The topological polar surface area (TPSA) is 38.3 Å². The summed E-state index contributed by atoms with van der Waals surface area (Å²) in [4.78, 5) is 11.6. The number of ether oxygens (including phenoxy) is 1. The largest absolute Gasteiger partial charge is 0.494 e. The van der Waals surface area contributed by atoms with Crippen molar-refractivity contribution in [2.45, 2.75) is 46.6 Å². The standard InChI is InChI=1S/C14H20FNO2.C2H6/c1-9(2)16-8-12(10(3)17)11-5-6-14(18-4)13(15)7-11;1-2/h5-7,9,12,16H,8H2,1-4H3;1-2H3. The quantitative estimate of drug-likeness (QED) is 0.868. The van der Waals surface area contributed by atoms with Gasteiger partial charge in [0, 0.05) is 12.6 Å². The molecule has 114 valence electrons. The van der Waals surface area contributed by atoms with Crippen LogP contribution >= 0.6 is 0 Å². The maximum Gasteiger partial charge on any atom is 0.165 e. The molecule has 0 aromatic heterocycles. The predicted molar refractivity (Wildman–Crippen MR) is 80.9 cm³/mol. The van der Waals surface area contributed by atoms with E-state index in [4.69, 9.17) is 4.74 Å². The van der Waals surface area contributed by atoms with Crippen LogP contribution in [0.3, 0.4) is 0 Å². The van der Waals surface area contributed by atoms with Crippen molar-refractivity contribution in [1.82, 2.24) is 5.32 Å². The summed E-state index contributed by atoms with van der Waals surface area (Å²) in [5.74, 6) is -0.552. The summed E-state index contributed by atoms with van der Waals surface area (Å²) < 4.78 is 18.5. The molecule has 1 N–H and O–H groups in total. The van der Waals surface area contributed by atoms with Gasteiger partial charge in [-0.1, -0.05) is 33.8 Å². The molecule has 1 atom stereocenters. The van der Waals surface area contributed by atoms with E-state index >= 15 is 0 Å². The summed E-state index contributed by atoms with van der Waals surface area (Å²) in [6, 6.07) is 4.94. The molecule has 0 saturated heterocycles. The van der Waals surface area contributed by atoms with Gasteiger partial charge in [0.2, 0.25) is 0 Å². The zero-order valence-corrected chi connectivity index (χ0v) is 13.3. The highest BCUT2D eigenvalue weighted by Gasteiger charge is 2.18. The number of hydrogen-bond donors (Lipinski definition) is 1. The minimum atomic E-state index is -0.439. The molecule has 0 bridgehead atoms. The van der Waals surface area contributed by atoms with Crippen LogP contribution in [0.1, 0.15) is 46.1 Å². The van der Waals surface area contributed by atoms with Crippen molar-refractivity contribution in [2.75, 3.05) is 13.7 Å². The smallest absolute Gasteiger partial charge is 0.165 e. The summed E-state index contributed by atoms with van der Waals surface area (Å²) >= 11 is 0. The molecule has 0 radical (unpaired) electrons. The maximum atomic E-state index is 13.6. The maximum absolute atomic E-state index is 13.6. The van der Waals surface area contributed by atoms with Gasteiger partial charge < -0.3 is 10.1 Å². The van der Waals surface area contributed by atoms with E-state index in [0.29, 0.717) is 12.1 Å². The van der Waals surface area contributed by atoms with Crippen LogP contribution in [0, 0.1) is 5.82 Å². The Balaban J connectivity index is 0.00000172. The number of Topliss-reactive ketones (excluding diaryl/α,β-unsaturated/α-hetero) is 1. The van der Waals surface area contributed by atoms with Crippen molar-refractivity contribution in [2.24, 2.45) is 0 Å². The number of hydrogen-bond acceptors (Lipinski definition) is 3. The van der Waals surface area contributed by atoms with Gasteiger partial charge in [-0.25, -0.2) is 4.39 Å². The van der Waals surface area contributed by atoms with E-state index in [9.17, 15) is 9.18 Å². The zero-order valence-electron chi connectivity index (χ0n) is 13.3. The van der Waals surface area contributed by atoms with Gasteiger partial charge in [0.15, 0.2) is 11.6 Å². The number of carbonyl (C=O) groups excluding carboxylic acids is 1. The Morgan fingerprint density at radius 3 is 2.35 bits per heavy atom. The van der Waals surface area contributed by atoms with Crippen LogP contribution in [0.25, 0.3) is 0 Å². The van der Waals surface area contributed by atoms with Crippen LogP contribution < -0.4 is 10.1 Å². The molecule has 1 aromatic rings. The Morgan fingerprint density at radius 1 is 1.35 bits per heavy atom. The molecule has 0 spiro atoms. The molecule has 1 rings (SSSR count). The summed E-state index contributed by atoms with van der Waals surface area (Å²) in [5.41, 5.74) is 0.675. The molecule has 4 heteroatoms. The first-order chi connectivity index (χ1) is 9.45. The van der Waals surface area contributed by atoms with Crippen molar-refractivity contribution < 1.29 is 13.9 Å². The fraction of sp³-hybridized carbons (Fsp3) is 0.562. The van der Waals surface area contributed by atoms with E-state index < -0.39 is 5.82 Å². The fourth-order valence-electron chi connectivity index (χ4n) is 1.75. The average Bonchev–Trinajstić information content (AvgIpc) is 2.40. The molecule has 0 heterocycles. The van der Waals surface area contributed by atoms with E-state index in [1.807, 2.05) is 27.7 Å². The number of halogens is 1. The Kier molecular flexibility index (Phi) is 8.81. The normalized spacial score (nSPS) is 11.6. The van der Waals surface area contributed by atoms with Gasteiger partial charge in [-0.3, -0.25) is 4.79 Å². The Hall–Kier alpha value is -1.42. The van der Waals surface area contributed by atoms with Gasteiger partial charge in [-0.05, 0) is 24.6 Å². The monoisotopic (exact) mass is 283 g/mol. The highest BCUT2D eigenvalue weighted by molar-refractivity contribution is 5.83. The van der Waals surface area contributed by atoms with Gasteiger partial charge in [0.1, 0.15) is 5.78 Å². The van der Waals surface area contributed by atoms with Crippen LogP contribution in [0.15, 0.2) is 18.2 Å². The van der Waals surface area contributed by atoms with Crippen molar-refractivity contribution in [3.8, 4) is 5.75 Å². The summed E-state index contributed by atoms with van der Waals surface area (Å²) in [7, 11) is 1.42. The van der Waals surface area contributed by atoms with Gasteiger partial charge in [0.05, 0.1) is 13.0 Å². The SMILES string of the molecule is CC.COc1ccc(C(CNC(C)C)C(C)=O)cc1F. The van der Waals surface area contributed by atoms with Crippen molar-refractivity contribution in [3.63, 3.8) is 0 Å². The molecule has 3 nitrogen and oxygen atoms in total. The number of rotatable bonds is 6. The third-order valence-electron chi connectivity index (χ3n) is 2.80. The van der Waals surface area contributed by atoms with Crippen LogP contribution in [0.4, 0.5) is 4.39 Å². The lowest BCUT2D eigenvalue weighted by Crippen LogP contribution is -2.30. The predicted octanol–water partition coefficient (Wildman–Crippen LogP) is 3.53. The molecule has 0 aliphatic carbocycles. The Labute approximate surface area is 121 Å². The summed E-state index contributed by atoms with van der Waals surface area (Å²) in [5, 5.41) is 3.20. The highest BCUT2D eigenvalue weighted by Crippen LogP contribution is 2.23. The minimum absolute atomic E-state index is 0.0210. The number of nitrogens with one attached hydrogen (secondary N) is 1. The van der Waals surface area contributed by atoms with Gasteiger partial charge in [0.25, 0.3) is 0 Å². The molecule has 0 saturated carbocycles. The molecular weight excluding hydrogens is 257 g/mol. The number of methoxy groups -OCH3 is 1. The molecule has 0 fully saturated rings.